The van der Waals surface area contributed by atoms with Crippen molar-refractivity contribution < 1.29 is 8.91 Å². The molecule has 1 aliphatic rings. The number of hydrogen-bond donors (Lipinski definition) is 1. The van der Waals surface area contributed by atoms with E-state index >= 15 is 0 Å². The van der Waals surface area contributed by atoms with Gasteiger partial charge >= 0.3 is 0 Å². The first-order valence-electron chi connectivity index (χ1n) is 7.10. The Balaban J connectivity index is 0.00000161. The average molecular weight is 312 g/mol. The molecule has 114 valence electrons. The highest BCUT2D eigenvalue weighted by atomic mass is 35.5. The molecule has 1 fully saturated rings. The van der Waals surface area contributed by atoms with Crippen LogP contribution < -0.4 is 5.32 Å². The molecule has 1 unspecified atom stereocenters. The Morgan fingerprint density at radius 2 is 2.10 bits per heavy atom. The van der Waals surface area contributed by atoms with Crippen LogP contribution in [0.15, 0.2) is 28.8 Å². The Morgan fingerprint density at radius 1 is 1.29 bits per heavy atom. The molecular formula is C15H19ClFN3O. The summed E-state index contributed by atoms with van der Waals surface area (Å²) in [5.74, 6) is 1.63. The van der Waals surface area contributed by atoms with Crippen molar-refractivity contribution in [3.05, 3.63) is 35.9 Å². The van der Waals surface area contributed by atoms with E-state index in [2.05, 4.69) is 15.5 Å². The first-order valence-corrected chi connectivity index (χ1v) is 7.10. The average Bonchev–Trinajstić information content (AvgIpc) is 2.96. The summed E-state index contributed by atoms with van der Waals surface area (Å²) < 4.78 is 18.1. The van der Waals surface area contributed by atoms with Crippen LogP contribution in [0, 0.1) is 11.7 Å². The van der Waals surface area contributed by atoms with Gasteiger partial charge in [0.1, 0.15) is 5.82 Å². The second-order valence-corrected chi connectivity index (χ2v) is 5.27. The maximum absolute atomic E-state index is 12.9. The second-order valence-electron chi connectivity index (χ2n) is 5.27. The molecule has 0 bridgehead atoms. The van der Waals surface area contributed by atoms with E-state index in [1.165, 1.54) is 25.0 Å². The molecule has 1 aromatic carbocycles. The monoisotopic (exact) mass is 311 g/mol. The molecule has 2 heterocycles. The Morgan fingerprint density at radius 3 is 2.81 bits per heavy atom. The van der Waals surface area contributed by atoms with Gasteiger partial charge < -0.3 is 9.84 Å². The van der Waals surface area contributed by atoms with Crippen molar-refractivity contribution in [1.29, 1.82) is 0 Å². The summed E-state index contributed by atoms with van der Waals surface area (Å²) >= 11 is 0. The van der Waals surface area contributed by atoms with Crippen molar-refractivity contribution in [1.82, 2.24) is 15.5 Å². The van der Waals surface area contributed by atoms with E-state index in [0.717, 1.165) is 37.3 Å². The van der Waals surface area contributed by atoms with Gasteiger partial charge in [-0.3, -0.25) is 0 Å². The maximum atomic E-state index is 12.9. The third kappa shape index (κ3) is 4.25. The van der Waals surface area contributed by atoms with E-state index in [0.29, 0.717) is 11.8 Å². The molecule has 1 aliphatic heterocycles. The molecule has 0 spiro atoms. The van der Waals surface area contributed by atoms with Crippen LogP contribution in [-0.2, 0) is 6.42 Å². The van der Waals surface area contributed by atoms with Crippen molar-refractivity contribution >= 4 is 12.4 Å². The predicted molar refractivity (Wildman–Crippen MR) is 80.9 cm³/mol. The van der Waals surface area contributed by atoms with Gasteiger partial charge in [-0.05, 0) is 62.5 Å². The molecule has 0 amide bonds. The van der Waals surface area contributed by atoms with E-state index in [9.17, 15) is 4.39 Å². The Labute approximate surface area is 129 Å². The number of aromatic nitrogens is 2. The Kier molecular flexibility index (Phi) is 5.70. The van der Waals surface area contributed by atoms with Gasteiger partial charge in [-0.15, -0.1) is 12.4 Å². The zero-order chi connectivity index (χ0) is 13.8. The minimum Gasteiger partial charge on any atom is -0.334 e. The zero-order valence-electron chi connectivity index (χ0n) is 11.7. The number of piperidine rings is 1. The molecular weight excluding hydrogens is 293 g/mol. The van der Waals surface area contributed by atoms with Crippen LogP contribution in [0.5, 0.6) is 0 Å². The van der Waals surface area contributed by atoms with Crippen LogP contribution >= 0.6 is 12.4 Å². The zero-order valence-corrected chi connectivity index (χ0v) is 12.5. The van der Waals surface area contributed by atoms with Crippen molar-refractivity contribution in [2.24, 2.45) is 5.92 Å². The summed E-state index contributed by atoms with van der Waals surface area (Å²) in [4.78, 5) is 4.37. The van der Waals surface area contributed by atoms with Gasteiger partial charge in [-0.25, -0.2) is 4.39 Å². The largest absolute Gasteiger partial charge is 0.334 e. The number of nitrogens with zero attached hydrogens (tertiary/aromatic N) is 2. The molecule has 1 N–H and O–H groups in total. The normalized spacial score (nSPS) is 18.2. The molecule has 0 saturated carbocycles. The molecule has 6 heteroatoms. The van der Waals surface area contributed by atoms with E-state index in [-0.39, 0.29) is 18.2 Å². The minimum absolute atomic E-state index is 0. The second kappa shape index (κ2) is 7.52. The fourth-order valence-electron chi connectivity index (χ4n) is 2.57. The number of benzene rings is 1. The van der Waals surface area contributed by atoms with Gasteiger partial charge in [0.15, 0.2) is 5.82 Å². The fraction of sp³-hybridized carbons (Fsp3) is 0.467. The van der Waals surface area contributed by atoms with E-state index in [4.69, 9.17) is 4.52 Å². The quantitative estimate of drug-likeness (QED) is 0.942. The lowest BCUT2D eigenvalue weighted by Crippen LogP contribution is -2.29. The number of nitrogens with one attached hydrogen (secondary N) is 1. The molecule has 4 nitrogen and oxygen atoms in total. The molecule has 3 rings (SSSR count). The summed E-state index contributed by atoms with van der Waals surface area (Å²) in [5, 5.41) is 7.41. The molecule has 21 heavy (non-hydrogen) atoms. The number of hydrogen-bond acceptors (Lipinski definition) is 4. The molecule has 2 aromatic rings. The highest BCUT2D eigenvalue weighted by Crippen LogP contribution is 2.20. The lowest BCUT2D eigenvalue weighted by Gasteiger charge is -2.21. The fourth-order valence-corrected chi connectivity index (χ4v) is 2.57. The number of halogens is 2. The molecule has 0 radical (unpaired) electrons. The van der Waals surface area contributed by atoms with Gasteiger partial charge in [-0.1, -0.05) is 5.16 Å². The topological polar surface area (TPSA) is 51.0 Å². The van der Waals surface area contributed by atoms with Gasteiger partial charge in [0.25, 0.3) is 5.89 Å². The van der Waals surface area contributed by atoms with Crippen molar-refractivity contribution in [3.8, 4) is 11.5 Å². The summed E-state index contributed by atoms with van der Waals surface area (Å²) in [6.07, 6.45) is 4.43. The van der Waals surface area contributed by atoms with Crippen LogP contribution in [0.3, 0.4) is 0 Å². The van der Waals surface area contributed by atoms with Gasteiger partial charge in [0, 0.05) is 12.0 Å². The van der Waals surface area contributed by atoms with E-state index in [1.54, 1.807) is 12.1 Å². The predicted octanol–water partition coefficient (Wildman–Crippen LogP) is 3.23. The highest BCUT2D eigenvalue weighted by molar-refractivity contribution is 5.85. The summed E-state index contributed by atoms with van der Waals surface area (Å²) in [6, 6.07) is 6.09. The lowest BCUT2D eigenvalue weighted by atomic mass is 9.95. The number of rotatable bonds is 4. The maximum Gasteiger partial charge on any atom is 0.257 e. The van der Waals surface area contributed by atoms with Crippen molar-refractivity contribution in [2.45, 2.75) is 25.7 Å². The standard InChI is InChI=1S/C15H18FN3O.ClH/c16-13-6-4-12(5-7-13)15-18-14(19-20-15)8-3-11-2-1-9-17-10-11;/h4-7,11,17H,1-3,8-10H2;1H. The van der Waals surface area contributed by atoms with Gasteiger partial charge in [0.05, 0.1) is 0 Å². The molecule has 1 saturated heterocycles. The Bertz CT molecular complexity index is 552. The van der Waals surface area contributed by atoms with Crippen LogP contribution in [0.25, 0.3) is 11.5 Å². The summed E-state index contributed by atoms with van der Waals surface area (Å²) in [6.45, 7) is 2.22. The van der Waals surface area contributed by atoms with Crippen LogP contribution in [0.4, 0.5) is 4.39 Å². The smallest absolute Gasteiger partial charge is 0.257 e. The van der Waals surface area contributed by atoms with Gasteiger partial charge in [0.2, 0.25) is 0 Å². The highest BCUT2D eigenvalue weighted by Gasteiger charge is 2.15. The number of aryl methyl sites for hydroxylation is 1. The first-order chi connectivity index (χ1) is 9.81. The molecule has 1 aromatic heterocycles. The van der Waals surface area contributed by atoms with E-state index < -0.39 is 0 Å². The lowest BCUT2D eigenvalue weighted by molar-refractivity contribution is 0.352. The van der Waals surface area contributed by atoms with E-state index in [1.807, 2.05) is 0 Å². The van der Waals surface area contributed by atoms with Crippen molar-refractivity contribution in [2.75, 3.05) is 13.1 Å². The SMILES string of the molecule is Cl.Fc1ccc(-c2nc(CCC3CCCNC3)no2)cc1. The minimum atomic E-state index is -0.265. The van der Waals surface area contributed by atoms with Crippen LogP contribution in [-0.4, -0.2) is 23.2 Å². The first kappa shape index (κ1) is 15.9. The van der Waals surface area contributed by atoms with Crippen molar-refractivity contribution in [3.63, 3.8) is 0 Å². The molecule has 0 aliphatic carbocycles. The third-order valence-electron chi connectivity index (χ3n) is 3.73. The molecule has 1 atom stereocenters. The third-order valence-corrected chi connectivity index (χ3v) is 3.73. The summed E-state index contributed by atoms with van der Waals surface area (Å²) in [5.41, 5.74) is 0.754. The van der Waals surface area contributed by atoms with Crippen LogP contribution in [0.2, 0.25) is 0 Å². The van der Waals surface area contributed by atoms with Crippen LogP contribution in [0.1, 0.15) is 25.1 Å². The Hall–Kier alpha value is -1.46. The summed E-state index contributed by atoms with van der Waals surface area (Å²) in [7, 11) is 0. The van der Waals surface area contributed by atoms with Gasteiger partial charge in [-0.2, -0.15) is 4.98 Å².